The fourth-order valence-corrected chi connectivity index (χ4v) is 4.07. The highest BCUT2D eigenvalue weighted by atomic mass is 32.1. The number of aromatic nitrogens is 3. The van der Waals surface area contributed by atoms with Crippen molar-refractivity contribution in [2.24, 2.45) is 10.7 Å². The number of carbonyl (C=O) groups is 1. The summed E-state index contributed by atoms with van der Waals surface area (Å²) in [6.45, 7) is -0.649. The van der Waals surface area contributed by atoms with Crippen molar-refractivity contribution >= 4 is 28.7 Å². The Bertz CT molecular complexity index is 955. The largest absolute Gasteiger partial charge is 0.464 e. The number of hydrogen-bond donors (Lipinski definition) is 1. The number of fused-ring (bicyclic) bond motifs is 1. The zero-order valence-corrected chi connectivity index (χ0v) is 15.8. The van der Waals surface area contributed by atoms with E-state index in [1.165, 1.54) is 30.7 Å². The number of amidine groups is 1. The van der Waals surface area contributed by atoms with Gasteiger partial charge in [0.05, 0.1) is 18.3 Å². The third kappa shape index (κ3) is 3.42. The van der Waals surface area contributed by atoms with Gasteiger partial charge < -0.3 is 15.4 Å². The van der Waals surface area contributed by atoms with Gasteiger partial charge in [0.25, 0.3) is 0 Å². The average Bonchev–Trinajstić information content (AvgIpc) is 3.38. The third-order valence-corrected chi connectivity index (χ3v) is 5.41. The zero-order valence-electron chi connectivity index (χ0n) is 15.0. The zero-order chi connectivity index (χ0) is 19.9. The summed E-state index contributed by atoms with van der Waals surface area (Å²) in [4.78, 5) is 22.1. The Balaban J connectivity index is 1.72. The standard InChI is InChI=1S/C17H18F2N6O2S/c1-10(26)27-9-17(20)4-13-12(11-5-23-25(7-11)16(18)19)6-22-14(24(13)8-17)15-21-2-3-28-15/h2-3,5,7,16H,4,6,8-9,20H2,1H3. The van der Waals surface area contributed by atoms with Gasteiger partial charge in [0.2, 0.25) is 0 Å². The van der Waals surface area contributed by atoms with Crippen molar-refractivity contribution < 1.29 is 18.3 Å². The van der Waals surface area contributed by atoms with Gasteiger partial charge in [-0.25, -0.2) is 9.67 Å². The Kier molecular flexibility index (Phi) is 4.71. The van der Waals surface area contributed by atoms with Crippen LogP contribution in [-0.4, -0.2) is 56.7 Å². The van der Waals surface area contributed by atoms with Crippen LogP contribution in [0, 0.1) is 0 Å². The Labute approximate surface area is 163 Å². The third-order valence-electron chi connectivity index (χ3n) is 4.65. The molecule has 2 N–H and O–H groups in total. The number of alkyl halides is 2. The minimum absolute atomic E-state index is 0.0526. The van der Waals surface area contributed by atoms with Crippen molar-refractivity contribution in [3.63, 3.8) is 0 Å². The van der Waals surface area contributed by atoms with Gasteiger partial charge in [-0.3, -0.25) is 9.79 Å². The lowest BCUT2D eigenvalue weighted by Crippen LogP contribution is -2.48. The predicted molar refractivity (Wildman–Crippen MR) is 98.8 cm³/mol. The van der Waals surface area contributed by atoms with Crippen molar-refractivity contribution in [2.45, 2.75) is 25.4 Å². The Morgan fingerprint density at radius 2 is 2.32 bits per heavy atom. The molecule has 1 fully saturated rings. The van der Waals surface area contributed by atoms with E-state index >= 15 is 0 Å². The number of halogens is 2. The lowest BCUT2D eigenvalue weighted by atomic mass is 9.97. The maximum Gasteiger partial charge on any atom is 0.333 e. The lowest BCUT2D eigenvalue weighted by molar-refractivity contribution is -0.142. The van der Waals surface area contributed by atoms with Crippen LogP contribution in [0.3, 0.4) is 0 Å². The van der Waals surface area contributed by atoms with E-state index in [9.17, 15) is 13.6 Å². The summed E-state index contributed by atoms with van der Waals surface area (Å²) in [6.07, 6.45) is 4.81. The molecule has 11 heteroatoms. The van der Waals surface area contributed by atoms with Crippen LogP contribution in [0.2, 0.25) is 0 Å². The van der Waals surface area contributed by atoms with Crippen LogP contribution in [0.25, 0.3) is 5.57 Å². The minimum Gasteiger partial charge on any atom is -0.464 e. The monoisotopic (exact) mass is 408 g/mol. The second kappa shape index (κ2) is 7.06. The molecule has 0 bridgehead atoms. The quantitative estimate of drug-likeness (QED) is 0.759. The van der Waals surface area contributed by atoms with Gasteiger partial charge in [0, 0.05) is 54.5 Å². The maximum absolute atomic E-state index is 12.9. The highest BCUT2D eigenvalue weighted by Crippen LogP contribution is 2.38. The molecule has 1 unspecified atom stereocenters. The van der Waals surface area contributed by atoms with Crippen molar-refractivity contribution in [2.75, 3.05) is 19.7 Å². The topological polar surface area (TPSA) is 98.6 Å². The fraction of sp³-hybridized carbons (Fsp3) is 0.412. The van der Waals surface area contributed by atoms with Gasteiger partial charge in [-0.1, -0.05) is 0 Å². The lowest BCUT2D eigenvalue weighted by Gasteiger charge is -2.28. The molecule has 8 nitrogen and oxygen atoms in total. The normalized spacial score (nSPS) is 21.9. The van der Waals surface area contributed by atoms with Crippen LogP contribution in [-0.2, 0) is 9.53 Å². The van der Waals surface area contributed by atoms with Crippen LogP contribution in [0.15, 0.2) is 34.7 Å². The Hall–Kier alpha value is -2.66. The van der Waals surface area contributed by atoms with E-state index in [2.05, 4.69) is 15.1 Å². The van der Waals surface area contributed by atoms with E-state index in [0.717, 1.165) is 16.3 Å². The van der Waals surface area contributed by atoms with Gasteiger partial charge in [0.15, 0.2) is 10.8 Å². The second-order valence-corrected chi connectivity index (χ2v) is 7.69. The van der Waals surface area contributed by atoms with Crippen molar-refractivity contribution in [1.29, 1.82) is 0 Å². The molecule has 28 heavy (non-hydrogen) atoms. The van der Waals surface area contributed by atoms with Gasteiger partial charge in [0.1, 0.15) is 6.61 Å². The van der Waals surface area contributed by atoms with Crippen molar-refractivity contribution in [1.82, 2.24) is 19.7 Å². The number of rotatable bonds is 5. The van der Waals surface area contributed by atoms with Gasteiger partial charge in [-0.15, -0.1) is 11.3 Å². The van der Waals surface area contributed by atoms with Gasteiger partial charge in [-0.2, -0.15) is 13.9 Å². The highest BCUT2D eigenvalue weighted by Gasteiger charge is 2.44. The fourth-order valence-electron chi connectivity index (χ4n) is 3.42. The molecule has 4 rings (SSSR count). The molecule has 2 aliphatic heterocycles. The van der Waals surface area contributed by atoms with Gasteiger partial charge >= 0.3 is 12.5 Å². The van der Waals surface area contributed by atoms with E-state index in [0.29, 0.717) is 35.6 Å². The first kappa shape index (κ1) is 18.7. The molecule has 2 aromatic heterocycles. The molecule has 0 aromatic carbocycles. The molecule has 2 aromatic rings. The molecule has 2 aliphatic rings. The SMILES string of the molecule is CC(=O)OCC1(N)CC2=C(c3cnn(C(F)F)c3)CN=C(c3nccs3)N2C1. The number of esters is 1. The molecule has 0 aliphatic carbocycles. The molecule has 0 amide bonds. The van der Waals surface area contributed by atoms with Crippen LogP contribution in [0.1, 0.15) is 30.5 Å². The molecular formula is C17H18F2N6O2S. The molecular weight excluding hydrogens is 390 g/mol. The summed E-state index contributed by atoms with van der Waals surface area (Å²) in [5, 5.41) is 6.33. The summed E-state index contributed by atoms with van der Waals surface area (Å²) >= 11 is 1.45. The number of ether oxygens (including phenoxy) is 1. The summed E-state index contributed by atoms with van der Waals surface area (Å²) in [5.41, 5.74) is 7.91. The molecule has 148 valence electrons. The summed E-state index contributed by atoms with van der Waals surface area (Å²) < 4.78 is 31.6. The van der Waals surface area contributed by atoms with Gasteiger partial charge in [-0.05, 0) is 0 Å². The Morgan fingerprint density at radius 1 is 1.50 bits per heavy atom. The summed E-state index contributed by atoms with van der Waals surface area (Å²) in [5.74, 6) is 0.279. The van der Waals surface area contributed by atoms with E-state index in [1.54, 1.807) is 6.20 Å². The number of nitrogens with zero attached hydrogens (tertiary/aromatic N) is 5. The van der Waals surface area contributed by atoms with Crippen LogP contribution >= 0.6 is 11.3 Å². The summed E-state index contributed by atoms with van der Waals surface area (Å²) in [7, 11) is 0. The average molecular weight is 408 g/mol. The van der Waals surface area contributed by atoms with Crippen LogP contribution < -0.4 is 5.73 Å². The number of thiazole rings is 1. The number of aliphatic imine (C=N–C) groups is 1. The predicted octanol–water partition coefficient (Wildman–Crippen LogP) is 1.87. The van der Waals surface area contributed by atoms with E-state index < -0.39 is 18.1 Å². The number of nitrogens with two attached hydrogens (primary N) is 1. The van der Waals surface area contributed by atoms with E-state index in [4.69, 9.17) is 10.5 Å². The van der Waals surface area contributed by atoms with Crippen molar-refractivity contribution in [3.8, 4) is 0 Å². The molecule has 0 saturated carbocycles. The summed E-state index contributed by atoms with van der Waals surface area (Å²) in [6, 6.07) is 0. The molecule has 4 heterocycles. The molecule has 1 atom stereocenters. The van der Waals surface area contributed by atoms with Crippen LogP contribution in [0.4, 0.5) is 8.78 Å². The first-order valence-corrected chi connectivity index (χ1v) is 9.43. The number of carbonyl (C=O) groups excluding carboxylic acids is 1. The first-order valence-electron chi connectivity index (χ1n) is 8.55. The van der Waals surface area contributed by atoms with E-state index in [-0.39, 0.29) is 6.61 Å². The van der Waals surface area contributed by atoms with Crippen molar-refractivity contribution in [3.05, 3.63) is 40.2 Å². The first-order chi connectivity index (χ1) is 13.4. The Morgan fingerprint density at radius 3 is 2.96 bits per heavy atom. The molecule has 1 saturated heterocycles. The van der Waals surface area contributed by atoms with E-state index in [1.807, 2.05) is 10.3 Å². The van der Waals surface area contributed by atoms with Crippen LogP contribution in [0.5, 0.6) is 0 Å². The smallest absolute Gasteiger partial charge is 0.333 e. The second-order valence-electron chi connectivity index (χ2n) is 6.79. The number of hydrogen-bond acceptors (Lipinski definition) is 8. The molecule has 0 radical (unpaired) electrons. The highest BCUT2D eigenvalue weighted by molar-refractivity contribution is 7.11. The molecule has 0 spiro atoms. The maximum atomic E-state index is 12.9. The minimum atomic E-state index is -2.71.